The Morgan fingerprint density at radius 2 is 1.27 bits per heavy atom. The van der Waals surface area contributed by atoms with Crippen molar-refractivity contribution in [3.8, 4) is 0 Å². The smallest absolute Gasteiger partial charge is 0.338 e. The molecule has 0 bridgehead atoms. The van der Waals surface area contributed by atoms with E-state index in [9.17, 15) is 19.2 Å². The number of hydrogen-bond acceptors (Lipinski definition) is 7. The molecule has 40 heavy (non-hydrogen) atoms. The van der Waals surface area contributed by atoms with Gasteiger partial charge in [0.25, 0.3) is 0 Å². The standard InChI is InChI=1S/C33H40O7/c1-3-27-28(22-21-26(34)19-13-5-4-6-14-20-31(35)38-2)30(40-33(37)25-17-11-8-12-18-25)23-29(27)39-32(36)24-15-9-7-10-16-24/h7-12,15-18,21-22,27-30H,3-6,13-14,19-20,23H2,1-2H3/b22-21+/t27-,28+,29-,30+/m1/s1. The molecule has 0 aliphatic heterocycles. The van der Waals surface area contributed by atoms with Crippen LogP contribution in [0.5, 0.6) is 0 Å². The van der Waals surface area contributed by atoms with E-state index in [-0.39, 0.29) is 23.6 Å². The Labute approximate surface area is 236 Å². The number of unbranched alkanes of at least 4 members (excludes halogenated alkanes) is 4. The Hall–Kier alpha value is -3.74. The highest BCUT2D eigenvalue weighted by Crippen LogP contribution is 2.40. The fraction of sp³-hybridized carbons (Fsp3) is 0.455. The Morgan fingerprint density at radius 1 is 0.750 bits per heavy atom. The number of ether oxygens (including phenoxy) is 3. The van der Waals surface area contributed by atoms with Crippen molar-refractivity contribution in [1.29, 1.82) is 0 Å². The summed E-state index contributed by atoms with van der Waals surface area (Å²) < 4.78 is 16.5. The quantitative estimate of drug-likeness (QED) is 0.108. The monoisotopic (exact) mass is 548 g/mol. The minimum absolute atomic E-state index is 0.0160. The van der Waals surface area contributed by atoms with Gasteiger partial charge >= 0.3 is 17.9 Å². The van der Waals surface area contributed by atoms with Gasteiger partial charge in [-0.25, -0.2) is 9.59 Å². The van der Waals surface area contributed by atoms with Crippen molar-refractivity contribution in [3.63, 3.8) is 0 Å². The molecule has 2 aromatic rings. The van der Waals surface area contributed by atoms with E-state index >= 15 is 0 Å². The number of ketones is 1. The van der Waals surface area contributed by atoms with Crippen molar-refractivity contribution in [2.45, 2.75) is 76.9 Å². The average molecular weight is 549 g/mol. The molecule has 4 atom stereocenters. The molecule has 0 unspecified atom stereocenters. The molecule has 0 amide bonds. The van der Waals surface area contributed by atoms with E-state index in [4.69, 9.17) is 9.47 Å². The largest absolute Gasteiger partial charge is 0.469 e. The maximum atomic E-state index is 12.9. The van der Waals surface area contributed by atoms with E-state index in [1.807, 2.05) is 25.1 Å². The molecule has 2 aromatic carbocycles. The molecule has 0 spiro atoms. The van der Waals surface area contributed by atoms with Crippen LogP contribution in [0.4, 0.5) is 0 Å². The maximum Gasteiger partial charge on any atom is 0.338 e. The third kappa shape index (κ3) is 9.47. The minimum Gasteiger partial charge on any atom is -0.469 e. The lowest BCUT2D eigenvalue weighted by Crippen LogP contribution is -2.25. The summed E-state index contributed by atoms with van der Waals surface area (Å²) in [7, 11) is 1.39. The molecule has 0 saturated heterocycles. The molecule has 7 nitrogen and oxygen atoms in total. The van der Waals surface area contributed by atoms with Crippen molar-refractivity contribution in [2.75, 3.05) is 7.11 Å². The molecule has 1 aliphatic carbocycles. The fourth-order valence-electron chi connectivity index (χ4n) is 5.21. The van der Waals surface area contributed by atoms with Crippen LogP contribution in [-0.2, 0) is 23.8 Å². The SMILES string of the molecule is CC[C@@H]1[C@H](/C=C/C(=O)CCCCCCCC(=O)OC)[C@@H](OC(=O)c2ccccc2)C[C@H]1OC(=O)c1ccccc1. The van der Waals surface area contributed by atoms with Gasteiger partial charge in [-0.15, -0.1) is 0 Å². The summed E-state index contributed by atoms with van der Waals surface area (Å²) in [4.78, 5) is 49.6. The summed E-state index contributed by atoms with van der Waals surface area (Å²) >= 11 is 0. The molecule has 7 heteroatoms. The predicted molar refractivity (Wildman–Crippen MR) is 152 cm³/mol. The lowest BCUT2D eigenvalue weighted by atomic mass is 9.90. The van der Waals surface area contributed by atoms with Crippen LogP contribution in [-0.4, -0.2) is 43.0 Å². The van der Waals surface area contributed by atoms with Gasteiger partial charge < -0.3 is 14.2 Å². The Bertz CT molecular complexity index is 1130. The second-order valence-electron chi connectivity index (χ2n) is 10.2. The molecule has 0 aromatic heterocycles. The van der Waals surface area contributed by atoms with Gasteiger partial charge in [0.05, 0.1) is 18.2 Å². The lowest BCUT2D eigenvalue weighted by molar-refractivity contribution is -0.140. The Morgan fingerprint density at radius 3 is 1.82 bits per heavy atom. The molecule has 1 saturated carbocycles. The number of rotatable bonds is 15. The van der Waals surface area contributed by atoms with Gasteiger partial charge in [-0.3, -0.25) is 9.59 Å². The summed E-state index contributed by atoms with van der Waals surface area (Å²) in [5.41, 5.74) is 0.917. The van der Waals surface area contributed by atoms with Gasteiger partial charge in [-0.1, -0.05) is 68.7 Å². The highest BCUT2D eigenvalue weighted by molar-refractivity contribution is 5.90. The number of methoxy groups -OCH3 is 1. The third-order valence-electron chi connectivity index (χ3n) is 7.41. The molecule has 1 fully saturated rings. The molecular formula is C33H40O7. The second-order valence-corrected chi connectivity index (χ2v) is 10.2. The van der Waals surface area contributed by atoms with Crippen molar-refractivity contribution in [1.82, 2.24) is 0 Å². The summed E-state index contributed by atoms with van der Waals surface area (Å²) in [6.45, 7) is 2.01. The van der Waals surface area contributed by atoms with E-state index in [2.05, 4.69) is 4.74 Å². The summed E-state index contributed by atoms with van der Waals surface area (Å²) in [6.07, 6.45) is 8.74. The average Bonchev–Trinajstić information content (AvgIpc) is 3.31. The molecule has 0 heterocycles. The van der Waals surface area contributed by atoms with Crippen molar-refractivity contribution >= 4 is 23.7 Å². The van der Waals surface area contributed by atoms with Crippen LogP contribution in [0.1, 0.15) is 85.4 Å². The maximum absolute atomic E-state index is 12.9. The van der Waals surface area contributed by atoms with Crippen molar-refractivity contribution in [3.05, 3.63) is 83.9 Å². The van der Waals surface area contributed by atoms with E-state index in [0.717, 1.165) is 32.1 Å². The van der Waals surface area contributed by atoms with Crippen LogP contribution in [0, 0.1) is 11.8 Å². The van der Waals surface area contributed by atoms with Gasteiger partial charge in [0.1, 0.15) is 12.2 Å². The number of benzene rings is 2. The predicted octanol–water partition coefficient (Wildman–Crippen LogP) is 6.51. The zero-order valence-corrected chi connectivity index (χ0v) is 23.5. The van der Waals surface area contributed by atoms with E-state index in [1.54, 1.807) is 54.6 Å². The lowest BCUT2D eigenvalue weighted by Gasteiger charge is -2.23. The minimum atomic E-state index is -0.523. The van der Waals surface area contributed by atoms with Crippen LogP contribution >= 0.6 is 0 Å². The van der Waals surface area contributed by atoms with Gasteiger partial charge in [0, 0.05) is 31.1 Å². The highest BCUT2D eigenvalue weighted by Gasteiger charge is 2.45. The first-order chi connectivity index (χ1) is 19.4. The number of carbonyl (C=O) groups is 4. The van der Waals surface area contributed by atoms with Crippen molar-refractivity contribution in [2.24, 2.45) is 11.8 Å². The van der Waals surface area contributed by atoms with Gasteiger partial charge in [-0.2, -0.15) is 0 Å². The van der Waals surface area contributed by atoms with Crippen LogP contribution in [0.2, 0.25) is 0 Å². The van der Waals surface area contributed by atoms with Gasteiger partial charge in [-0.05, 0) is 49.6 Å². The zero-order chi connectivity index (χ0) is 28.7. The zero-order valence-electron chi connectivity index (χ0n) is 23.5. The normalized spacial score (nSPS) is 20.2. The first-order valence-corrected chi connectivity index (χ1v) is 14.2. The number of esters is 3. The first kappa shape index (κ1) is 30.8. The Kier molecular flexibility index (Phi) is 12.6. The number of carbonyl (C=O) groups excluding carboxylic acids is 4. The van der Waals surface area contributed by atoms with E-state index in [1.165, 1.54) is 7.11 Å². The van der Waals surface area contributed by atoms with E-state index < -0.39 is 24.1 Å². The highest BCUT2D eigenvalue weighted by atomic mass is 16.6. The second kappa shape index (κ2) is 16.4. The van der Waals surface area contributed by atoms with E-state index in [0.29, 0.717) is 36.8 Å². The fourth-order valence-corrected chi connectivity index (χ4v) is 5.21. The topological polar surface area (TPSA) is 96.0 Å². The summed E-state index contributed by atoms with van der Waals surface area (Å²) in [5.74, 6) is -1.38. The molecule has 1 aliphatic rings. The molecule has 0 N–H and O–H groups in total. The molecule has 214 valence electrons. The number of allylic oxidation sites excluding steroid dienone is 1. The third-order valence-corrected chi connectivity index (χ3v) is 7.41. The molecular weight excluding hydrogens is 508 g/mol. The Balaban J connectivity index is 1.61. The molecule has 3 rings (SSSR count). The summed E-state index contributed by atoms with van der Waals surface area (Å²) in [5, 5.41) is 0. The summed E-state index contributed by atoms with van der Waals surface area (Å²) in [6, 6.07) is 17.6. The van der Waals surface area contributed by atoms with Crippen LogP contribution < -0.4 is 0 Å². The first-order valence-electron chi connectivity index (χ1n) is 14.2. The van der Waals surface area contributed by atoms with Crippen LogP contribution in [0.3, 0.4) is 0 Å². The van der Waals surface area contributed by atoms with Crippen molar-refractivity contribution < 1.29 is 33.4 Å². The van der Waals surface area contributed by atoms with Crippen LogP contribution in [0.25, 0.3) is 0 Å². The molecule has 0 radical (unpaired) electrons. The van der Waals surface area contributed by atoms with Gasteiger partial charge in [0.2, 0.25) is 0 Å². The van der Waals surface area contributed by atoms with Gasteiger partial charge in [0.15, 0.2) is 5.78 Å². The number of hydrogen-bond donors (Lipinski definition) is 0. The van der Waals surface area contributed by atoms with Crippen LogP contribution in [0.15, 0.2) is 72.8 Å².